The Hall–Kier alpha value is -0.730. The van der Waals surface area contributed by atoms with Crippen LogP contribution < -0.4 is 5.73 Å². The molecule has 0 fully saturated rings. The molecule has 0 unspecified atom stereocenters. The molecule has 0 aliphatic heterocycles. The summed E-state index contributed by atoms with van der Waals surface area (Å²) >= 11 is 0. The second kappa shape index (κ2) is 6.87. The molecule has 0 spiro atoms. The standard InChI is InChI=1S/C10H21NO6/c1-2-3-4-10(17,9(11)16)8(15)7(14)6(13)5-12/h6-8,12-15,17H,2-5H2,1H3,(H2,11,16)/t6-,7-,8+,10-/m1/s1. The van der Waals surface area contributed by atoms with Crippen molar-refractivity contribution in [2.75, 3.05) is 6.61 Å². The van der Waals surface area contributed by atoms with Gasteiger partial charge in [0, 0.05) is 0 Å². The normalized spacial score (nSPS) is 20.4. The highest BCUT2D eigenvalue weighted by Gasteiger charge is 2.46. The highest BCUT2D eigenvalue weighted by atomic mass is 16.4. The molecule has 0 heterocycles. The van der Waals surface area contributed by atoms with E-state index in [1.54, 1.807) is 0 Å². The van der Waals surface area contributed by atoms with Crippen molar-refractivity contribution in [3.63, 3.8) is 0 Å². The Morgan fingerprint density at radius 3 is 2.24 bits per heavy atom. The third-order valence-electron chi connectivity index (χ3n) is 2.73. The van der Waals surface area contributed by atoms with Crippen LogP contribution in [-0.2, 0) is 4.79 Å². The van der Waals surface area contributed by atoms with Crippen molar-refractivity contribution < 1.29 is 30.3 Å². The number of hydrogen-bond acceptors (Lipinski definition) is 6. The fraction of sp³-hybridized carbons (Fsp3) is 0.900. The molecule has 0 bridgehead atoms. The van der Waals surface area contributed by atoms with Crippen LogP contribution in [0.5, 0.6) is 0 Å². The molecule has 0 radical (unpaired) electrons. The van der Waals surface area contributed by atoms with Crippen LogP contribution >= 0.6 is 0 Å². The second-order valence-corrected chi connectivity index (χ2v) is 4.08. The number of hydrogen-bond donors (Lipinski definition) is 6. The van der Waals surface area contributed by atoms with Crippen LogP contribution in [0.2, 0.25) is 0 Å². The van der Waals surface area contributed by atoms with Gasteiger partial charge in [0.15, 0.2) is 5.60 Å². The van der Waals surface area contributed by atoms with E-state index in [0.29, 0.717) is 12.8 Å². The largest absolute Gasteiger partial charge is 0.394 e. The number of aliphatic hydroxyl groups excluding tert-OH is 4. The minimum atomic E-state index is -2.31. The molecule has 0 aromatic carbocycles. The highest BCUT2D eigenvalue weighted by Crippen LogP contribution is 2.22. The van der Waals surface area contributed by atoms with E-state index < -0.39 is 36.4 Å². The SMILES string of the molecule is CCCC[C@](O)(C(N)=O)[C@@H](O)[C@H](O)[C@H](O)CO. The van der Waals surface area contributed by atoms with Gasteiger partial charge in [0.05, 0.1) is 6.61 Å². The third-order valence-corrected chi connectivity index (χ3v) is 2.73. The quantitative estimate of drug-likeness (QED) is 0.280. The summed E-state index contributed by atoms with van der Waals surface area (Å²) in [4.78, 5) is 11.1. The molecule has 0 saturated heterocycles. The van der Waals surface area contributed by atoms with Crippen molar-refractivity contribution >= 4 is 5.91 Å². The van der Waals surface area contributed by atoms with Gasteiger partial charge in [0.2, 0.25) is 0 Å². The molecule has 7 heteroatoms. The van der Waals surface area contributed by atoms with Gasteiger partial charge in [-0.1, -0.05) is 19.8 Å². The first-order valence-corrected chi connectivity index (χ1v) is 5.48. The predicted molar refractivity (Wildman–Crippen MR) is 58.8 cm³/mol. The average molecular weight is 251 g/mol. The average Bonchev–Trinajstić information content (AvgIpc) is 2.32. The van der Waals surface area contributed by atoms with Crippen LogP contribution in [0.1, 0.15) is 26.2 Å². The molecule has 0 aromatic rings. The van der Waals surface area contributed by atoms with Gasteiger partial charge in [0.1, 0.15) is 18.3 Å². The van der Waals surface area contributed by atoms with Crippen LogP contribution in [0.15, 0.2) is 0 Å². The summed E-state index contributed by atoms with van der Waals surface area (Å²) in [6, 6.07) is 0. The van der Waals surface area contributed by atoms with Gasteiger partial charge < -0.3 is 31.3 Å². The lowest BCUT2D eigenvalue weighted by molar-refractivity contribution is -0.175. The topological polar surface area (TPSA) is 144 Å². The fourth-order valence-corrected chi connectivity index (χ4v) is 1.46. The molecule has 0 aliphatic carbocycles. The van der Waals surface area contributed by atoms with Crippen molar-refractivity contribution in [1.82, 2.24) is 0 Å². The molecule has 102 valence electrons. The summed E-state index contributed by atoms with van der Waals surface area (Å²) in [6.45, 7) is 1.01. The van der Waals surface area contributed by atoms with Gasteiger partial charge in [-0.25, -0.2) is 0 Å². The van der Waals surface area contributed by atoms with Gasteiger partial charge in [0.25, 0.3) is 5.91 Å². The van der Waals surface area contributed by atoms with E-state index in [4.69, 9.17) is 15.9 Å². The smallest absolute Gasteiger partial charge is 0.252 e. The van der Waals surface area contributed by atoms with Gasteiger partial charge >= 0.3 is 0 Å². The number of carbonyl (C=O) groups excluding carboxylic acids is 1. The lowest BCUT2D eigenvalue weighted by Gasteiger charge is -2.34. The molecule has 0 saturated carbocycles. The van der Waals surface area contributed by atoms with Crippen LogP contribution in [-0.4, -0.2) is 62.0 Å². The van der Waals surface area contributed by atoms with Crippen LogP contribution in [0, 0.1) is 0 Å². The minimum absolute atomic E-state index is 0.130. The Balaban J connectivity index is 4.86. The monoisotopic (exact) mass is 251 g/mol. The number of primary amides is 1. The molecule has 0 aromatic heterocycles. The van der Waals surface area contributed by atoms with E-state index in [1.165, 1.54) is 0 Å². The first-order valence-electron chi connectivity index (χ1n) is 5.48. The Labute approximate surface area is 99.5 Å². The summed E-state index contributed by atoms with van der Waals surface area (Å²) < 4.78 is 0. The Kier molecular flexibility index (Phi) is 6.58. The molecular formula is C10H21NO6. The molecule has 7 N–H and O–H groups in total. The molecule has 7 nitrogen and oxygen atoms in total. The maximum atomic E-state index is 11.1. The highest BCUT2D eigenvalue weighted by molar-refractivity contribution is 5.84. The van der Waals surface area contributed by atoms with Crippen LogP contribution in [0.3, 0.4) is 0 Å². The Bertz CT molecular complexity index is 249. The zero-order valence-electron chi connectivity index (χ0n) is 9.78. The number of carbonyl (C=O) groups is 1. The maximum absolute atomic E-state index is 11.1. The molecular weight excluding hydrogens is 230 g/mol. The first-order chi connectivity index (χ1) is 7.81. The Morgan fingerprint density at radius 2 is 1.88 bits per heavy atom. The molecule has 0 rings (SSSR count). The van der Waals surface area contributed by atoms with Crippen LogP contribution in [0.25, 0.3) is 0 Å². The number of unbranched alkanes of at least 4 members (excludes halogenated alkanes) is 1. The molecule has 17 heavy (non-hydrogen) atoms. The van der Waals surface area contributed by atoms with Gasteiger partial charge in [-0.15, -0.1) is 0 Å². The third kappa shape index (κ3) is 3.90. The van der Waals surface area contributed by atoms with Gasteiger partial charge in [-0.05, 0) is 6.42 Å². The zero-order valence-corrected chi connectivity index (χ0v) is 9.78. The summed E-state index contributed by atoms with van der Waals surface area (Å²) in [5, 5.41) is 46.8. The molecule has 4 atom stereocenters. The van der Waals surface area contributed by atoms with E-state index in [9.17, 15) is 20.1 Å². The van der Waals surface area contributed by atoms with Crippen molar-refractivity contribution in [2.45, 2.75) is 50.1 Å². The summed E-state index contributed by atoms with van der Waals surface area (Å²) in [5.41, 5.74) is 2.67. The number of rotatable bonds is 8. The molecule has 1 amide bonds. The first kappa shape index (κ1) is 16.3. The van der Waals surface area contributed by atoms with Crippen molar-refractivity contribution in [2.24, 2.45) is 5.73 Å². The number of amides is 1. The van der Waals surface area contributed by atoms with Crippen molar-refractivity contribution in [3.05, 3.63) is 0 Å². The van der Waals surface area contributed by atoms with Gasteiger partial charge in [-0.2, -0.15) is 0 Å². The number of aliphatic hydroxyl groups is 5. The second-order valence-electron chi connectivity index (χ2n) is 4.08. The summed E-state index contributed by atoms with van der Waals surface area (Å²) in [6.07, 6.45) is -4.52. The minimum Gasteiger partial charge on any atom is -0.394 e. The van der Waals surface area contributed by atoms with E-state index in [2.05, 4.69) is 0 Å². The van der Waals surface area contributed by atoms with Crippen molar-refractivity contribution in [1.29, 1.82) is 0 Å². The number of nitrogens with two attached hydrogens (primary N) is 1. The van der Waals surface area contributed by atoms with E-state index >= 15 is 0 Å². The summed E-state index contributed by atoms with van der Waals surface area (Å²) in [7, 11) is 0. The molecule has 0 aliphatic rings. The zero-order chi connectivity index (χ0) is 13.6. The maximum Gasteiger partial charge on any atom is 0.252 e. The Morgan fingerprint density at radius 1 is 1.35 bits per heavy atom. The van der Waals surface area contributed by atoms with Gasteiger partial charge in [-0.3, -0.25) is 4.79 Å². The summed E-state index contributed by atoms with van der Waals surface area (Å²) in [5.74, 6) is -1.18. The van der Waals surface area contributed by atoms with Crippen molar-refractivity contribution in [3.8, 4) is 0 Å². The lowest BCUT2D eigenvalue weighted by Crippen LogP contribution is -2.60. The predicted octanol–water partition coefficient (Wildman–Crippen LogP) is -2.53. The lowest BCUT2D eigenvalue weighted by atomic mass is 9.85. The van der Waals surface area contributed by atoms with E-state index in [0.717, 1.165) is 0 Å². The van der Waals surface area contributed by atoms with E-state index in [-0.39, 0.29) is 6.42 Å². The fourth-order valence-electron chi connectivity index (χ4n) is 1.46. The van der Waals surface area contributed by atoms with E-state index in [1.807, 2.05) is 6.92 Å². The van der Waals surface area contributed by atoms with Crippen LogP contribution in [0.4, 0.5) is 0 Å².